The fourth-order valence-electron chi connectivity index (χ4n) is 6.92. The lowest BCUT2D eigenvalue weighted by Crippen LogP contribution is -2.48. The first-order valence-electron chi connectivity index (χ1n) is 13.1. The number of allylic oxidation sites excluding steroid dienone is 4. The third-order valence-electron chi connectivity index (χ3n) is 8.75. The van der Waals surface area contributed by atoms with Crippen molar-refractivity contribution in [2.75, 3.05) is 5.73 Å². The first kappa shape index (κ1) is 21.6. The molecule has 2 aliphatic heterocycles. The van der Waals surface area contributed by atoms with E-state index in [-0.39, 0.29) is 35.9 Å². The van der Waals surface area contributed by atoms with Crippen molar-refractivity contribution in [3.63, 3.8) is 0 Å². The normalized spacial score (nSPS) is 29.6. The van der Waals surface area contributed by atoms with Crippen LogP contribution in [0.4, 0.5) is 10.6 Å². The molecule has 5 N–H and O–H groups in total. The molecule has 2 aliphatic carbocycles. The van der Waals surface area contributed by atoms with Crippen LogP contribution in [0.1, 0.15) is 85.8 Å². The van der Waals surface area contributed by atoms with Crippen molar-refractivity contribution in [2.45, 2.75) is 75.3 Å². The molecule has 5 heterocycles. The van der Waals surface area contributed by atoms with Gasteiger partial charge in [-0.15, -0.1) is 0 Å². The van der Waals surface area contributed by atoms with Gasteiger partial charge in [0.2, 0.25) is 0 Å². The Morgan fingerprint density at radius 1 is 1.14 bits per heavy atom. The zero-order chi connectivity index (χ0) is 24.6. The first-order valence-corrected chi connectivity index (χ1v) is 13.1. The van der Waals surface area contributed by atoms with Crippen LogP contribution in [0.3, 0.4) is 0 Å². The molecular formula is C27H32N8O. The number of nitrogens with zero attached hydrogens (tertiary/aromatic N) is 5. The molecule has 9 heteroatoms. The molecule has 4 unspecified atom stereocenters. The first-order chi connectivity index (χ1) is 17.5. The lowest BCUT2D eigenvalue weighted by Gasteiger charge is -2.38. The molecule has 186 valence electrons. The third-order valence-corrected chi connectivity index (χ3v) is 8.75. The van der Waals surface area contributed by atoms with Crippen molar-refractivity contribution >= 4 is 23.1 Å². The van der Waals surface area contributed by atoms with E-state index >= 15 is 0 Å². The van der Waals surface area contributed by atoms with Crippen LogP contribution in [0, 0.1) is 5.92 Å². The topological polar surface area (TPSA) is 131 Å². The highest BCUT2D eigenvalue weighted by atomic mass is 16.2. The number of rotatable bonds is 4. The molecule has 2 bridgehead atoms. The Bertz CT molecular complexity index is 1380. The molecule has 3 aromatic rings. The van der Waals surface area contributed by atoms with Crippen molar-refractivity contribution in [3.05, 3.63) is 59.5 Å². The summed E-state index contributed by atoms with van der Waals surface area (Å²) >= 11 is 0. The van der Waals surface area contributed by atoms with Crippen LogP contribution in [-0.4, -0.2) is 47.6 Å². The van der Waals surface area contributed by atoms with Crippen molar-refractivity contribution in [3.8, 4) is 0 Å². The number of carbonyl (C=O) groups is 1. The van der Waals surface area contributed by atoms with E-state index < -0.39 is 0 Å². The lowest BCUT2D eigenvalue weighted by atomic mass is 9.84. The second kappa shape index (κ2) is 7.94. The summed E-state index contributed by atoms with van der Waals surface area (Å²) in [5.74, 6) is 2.93. The highest BCUT2D eigenvalue weighted by Gasteiger charge is 2.45. The third kappa shape index (κ3) is 3.28. The fourth-order valence-corrected chi connectivity index (χ4v) is 6.92. The van der Waals surface area contributed by atoms with Crippen LogP contribution in [0.15, 0.2) is 36.8 Å². The number of amides is 2. The molecule has 36 heavy (non-hydrogen) atoms. The Morgan fingerprint density at radius 2 is 1.92 bits per heavy atom. The summed E-state index contributed by atoms with van der Waals surface area (Å²) in [7, 11) is 0. The predicted octanol–water partition coefficient (Wildman–Crippen LogP) is 4.07. The van der Waals surface area contributed by atoms with Crippen LogP contribution < -0.4 is 11.5 Å². The summed E-state index contributed by atoms with van der Waals surface area (Å²) in [6.07, 6.45) is 18.3. The van der Waals surface area contributed by atoms with Crippen molar-refractivity contribution in [1.29, 1.82) is 0 Å². The van der Waals surface area contributed by atoms with Gasteiger partial charge in [-0.25, -0.2) is 14.8 Å². The van der Waals surface area contributed by atoms with E-state index in [1.165, 1.54) is 5.56 Å². The van der Waals surface area contributed by atoms with Crippen molar-refractivity contribution in [1.82, 2.24) is 29.5 Å². The Balaban J connectivity index is 1.29. The van der Waals surface area contributed by atoms with Gasteiger partial charge >= 0.3 is 6.03 Å². The van der Waals surface area contributed by atoms with E-state index in [2.05, 4.69) is 40.2 Å². The minimum atomic E-state index is -0.289. The van der Waals surface area contributed by atoms with Gasteiger partial charge in [0.15, 0.2) is 5.65 Å². The second-order valence-corrected chi connectivity index (χ2v) is 11.0. The van der Waals surface area contributed by atoms with E-state index in [0.717, 1.165) is 72.6 Å². The molecule has 0 aromatic carbocycles. The SMILES string of the molecule is CC1C=C(c2cnn3c(N)c(C4CC4)c(C4CC5CCC(C4)N5C(N)=O)nc23)C=CC1c1ncc[nH]1. The number of H-pyrrole nitrogens is 1. The molecule has 3 aromatic heterocycles. The number of urea groups is 1. The fraction of sp³-hybridized carbons (Fsp3) is 0.481. The van der Waals surface area contributed by atoms with E-state index in [1.807, 2.05) is 21.8 Å². The summed E-state index contributed by atoms with van der Waals surface area (Å²) in [5, 5.41) is 4.69. The van der Waals surface area contributed by atoms with E-state index in [0.29, 0.717) is 5.92 Å². The highest BCUT2D eigenvalue weighted by Crippen LogP contribution is 2.50. The molecule has 9 nitrogen and oxygen atoms in total. The number of anilines is 1. The number of carbonyl (C=O) groups excluding carboxylic acids is 1. The number of aromatic amines is 1. The zero-order valence-electron chi connectivity index (χ0n) is 20.5. The molecule has 4 atom stereocenters. The van der Waals surface area contributed by atoms with Crippen LogP contribution in [0.5, 0.6) is 0 Å². The number of nitrogens with two attached hydrogens (primary N) is 2. The van der Waals surface area contributed by atoms with Gasteiger partial charge in [-0.05, 0) is 55.9 Å². The Morgan fingerprint density at radius 3 is 2.56 bits per heavy atom. The number of hydrogen-bond donors (Lipinski definition) is 3. The van der Waals surface area contributed by atoms with E-state index in [4.69, 9.17) is 16.5 Å². The van der Waals surface area contributed by atoms with Gasteiger partial charge < -0.3 is 21.4 Å². The number of nitrogens with one attached hydrogen (secondary N) is 1. The molecule has 2 amide bonds. The molecule has 0 spiro atoms. The average molecular weight is 485 g/mol. The minimum absolute atomic E-state index is 0.199. The zero-order valence-corrected chi connectivity index (χ0v) is 20.5. The number of hydrogen-bond acceptors (Lipinski definition) is 5. The maximum Gasteiger partial charge on any atom is 0.315 e. The van der Waals surface area contributed by atoms with Crippen LogP contribution in [0.25, 0.3) is 11.2 Å². The molecule has 2 saturated heterocycles. The average Bonchev–Trinajstić information content (AvgIpc) is 3.25. The largest absolute Gasteiger partial charge is 0.383 e. The number of imidazole rings is 1. The smallest absolute Gasteiger partial charge is 0.315 e. The Labute approximate surface area is 209 Å². The van der Waals surface area contributed by atoms with Gasteiger partial charge in [0.05, 0.1) is 11.9 Å². The van der Waals surface area contributed by atoms with Gasteiger partial charge in [-0.1, -0.05) is 25.2 Å². The number of nitrogen functional groups attached to an aromatic ring is 1. The van der Waals surface area contributed by atoms with Crippen molar-refractivity contribution < 1.29 is 4.79 Å². The van der Waals surface area contributed by atoms with Gasteiger partial charge in [0, 0.05) is 47.4 Å². The number of primary amides is 1. The van der Waals surface area contributed by atoms with Crippen LogP contribution in [-0.2, 0) is 0 Å². The Kier molecular flexibility index (Phi) is 4.78. The van der Waals surface area contributed by atoms with E-state index in [1.54, 1.807) is 6.20 Å². The summed E-state index contributed by atoms with van der Waals surface area (Å²) < 4.78 is 1.83. The summed E-state index contributed by atoms with van der Waals surface area (Å²) in [6, 6.07) is 0.109. The van der Waals surface area contributed by atoms with Gasteiger partial charge in [0.1, 0.15) is 11.6 Å². The van der Waals surface area contributed by atoms with Gasteiger partial charge in [-0.3, -0.25) is 0 Å². The minimum Gasteiger partial charge on any atom is -0.383 e. The molecule has 0 radical (unpaired) electrons. The molecular weight excluding hydrogens is 452 g/mol. The Hall–Kier alpha value is -3.62. The standard InChI is InChI=1S/C27H32N8O/c1-14-10-16(4-7-20(14)25-30-8-9-31-25)21-13-32-35-24(28)22(15-2-3-15)23(33-26(21)35)17-11-18-5-6-19(12-17)34(18)27(29)36/h4,7-10,13-15,17-20H,2-3,5-6,11-12,28H2,1H3,(H2,29,36)(H,30,31). The van der Waals surface area contributed by atoms with Crippen LogP contribution in [0.2, 0.25) is 0 Å². The highest BCUT2D eigenvalue weighted by molar-refractivity contribution is 5.83. The monoisotopic (exact) mass is 484 g/mol. The summed E-state index contributed by atoms with van der Waals surface area (Å²) in [6.45, 7) is 2.21. The van der Waals surface area contributed by atoms with E-state index in [9.17, 15) is 4.79 Å². The number of aromatic nitrogens is 5. The van der Waals surface area contributed by atoms with Crippen LogP contribution >= 0.6 is 0 Å². The maximum atomic E-state index is 12.1. The molecule has 1 saturated carbocycles. The van der Waals surface area contributed by atoms with Gasteiger partial charge in [0.25, 0.3) is 0 Å². The number of fused-ring (bicyclic) bond motifs is 3. The molecule has 7 rings (SSSR count). The summed E-state index contributed by atoms with van der Waals surface area (Å²) in [4.78, 5) is 27.0. The quantitative estimate of drug-likeness (QED) is 0.514. The predicted molar refractivity (Wildman–Crippen MR) is 137 cm³/mol. The lowest BCUT2D eigenvalue weighted by molar-refractivity contribution is 0.145. The summed E-state index contributed by atoms with van der Waals surface area (Å²) in [5.41, 5.74) is 17.8. The maximum absolute atomic E-state index is 12.1. The van der Waals surface area contributed by atoms with Gasteiger partial charge in [-0.2, -0.15) is 9.61 Å². The number of piperidine rings is 1. The molecule has 4 aliphatic rings. The van der Waals surface area contributed by atoms with Crippen molar-refractivity contribution in [2.24, 2.45) is 11.7 Å². The second-order valence-electron chi connectivity index (χ2n) is 11.0. The molecule has 3 fully saturated rings.